The maximum absolute atomic E-state index is 12.5. The maximum atomic E-state index is 12.5. The van der Waals surface area contributed by atoms with Gasteiger partial charge in [-0.15, -0.1) is 0 Å². The predicted molar refractivity (Wildman–Crippen MR) is 110 cm³/mol. The standard InChI is InChI=1S/C21H24ClN3O3/c1-15(26)18-3-2-4-19(21(18)23)28-14-20(27)25-11-9-24(10-12-25)13-16-5-7-17(22)8-6-16/h2-8H,9-14,23H2,1H3. The molecule has 1 amide bonds. The molecule has 0 bridgehead atoms. The number of rotatable bonds is 6. The number of hydrogen-bond acceptors (Lipinski definition) is 5. The first-order chi connectivity index (χ1) is 13.4. The van der Waals surface area contributed by atoms with E-state index in [1.54, 1.807) is 23.1 Å². The Morgan fingerprint density at radius 3 is 2.39 bits per heavy atom. The Labute approximate surface area is 169 Å². The number of nitrogen functional groups attached to an aromatic ring is 1. The number of nitrogens with zero attached hydrogens (tertiary/aromatic N) is 2. The summed E-state index contributed by atoms with van der Waals surface area (Å²) in [7, 11) is 0. The SMILES string of the molecule is CC(=O)c1cccc(OCC(=O)N2CCN(Cc3ccc(Cl)cc3)CC2)c1N. The molecule has 2 aromatic rings. The molecule has 7 heteroatoms. The van der Waals surface area contributed by atoms with E-state index in [9.17, 15) is 9.59 Å². The van der Waals surface area contributed by atoms with Gasteiger partial charge in [0.05, 0.1) is 5.69 Å². The quantitative estimate of drug-likeness (QED) is 0.595. The highest BCUT2D eigenvalue weighted by Gasteiger charge is 2.22. The molecule has 0 radical (unpaired) electrons. The summed E-state index contributed by atoms with van der Waals surface area (Å²) in [4.78, 5) is 28.1. The van der Waals surface area contributed by atoms with Gasteiger partial charge in [-0.05, 0) is 36.8 Å². The number of benzene rings is 2. The average molecular weight is 402 g/mol. The molecule has 1 fully saturated rings. The largest absolute Gasteiger partial charge is 0.482 e. The summed E-state index contributed by atoms with van der Waals surface area (Å²) < 4.78 is 5.58. The lowest BCUT2D eigenvalue weighted by Gasteiger charge is -2.34. The molecule has 2 aromatic carbocycles. The molecular weight excluding hydrogens is 378 g/mol. The number of nitrogens with two attached hydrogens (primary N) is 1. The van der Waals surface area contributed by atoms with Gasteiger partial charge in [-0.1, -0.05) is 29.8 Å². The van der Waals surface area contributed by atoms with E-state index in [0.29, 0.717) is 24.4 Å². The van der Waals surface area contributed by atoms with Gasteiger partial charge in [0.2, 0.25) is 0 Å². The number of amides is 1. The molecule has 1 saturated heterocycles. The van der Waals surface area contributed by atoms with E-state index in [1.165, 1.54) is 12.5 Å². The Hall–Kier alpha value is -2.57. The number of anilines is 1. The van der Waals surface area contributed by atoms with Crippen molar-refractivity contribution in [2.75, 3.05) is 38.5 Å². The lowest BCUT2D eigenvalue weighted by atomic mass is 10.1. The molecule has 0 atom stereocenters. The van der Waals surface area contributed by atoms with Crippen molar-refractivity contribution in [1.82, 2.24) is 9.80 Å². The third-order valence-electron chi connectivity index (χ3n) is 4.84. The van der Waals surface area contributed by atoms with E-state index < -0.39 is 0 Å². The Balaban J connectivity index is 1.48. The third-order valence-corrected chi connectivity index (χ3v) is 5.09. The molecule has 1 aliphatic rings. The van der Waals surface area contributed by atoms with Crippen LogP contribution in [0.25, 0.3) is 0 Å². The second-order valence-electron chi connectivity index (χ2n) is 6.85. The van der Waals surface area contributed by atoms with Crippen LogP contribution in [0.3, 0.4) is 0 Å². The van der Waals surface area contributed by atoms with Crippen LogP contribution in [-0.2, 0) is 11.3 Å². The lowest BCUT2D eigenvalue weighted by molar-refractivity contribution is -0.135. The van der Waals surface area contributed by atoms with Gasteiger partial charge in [0.25, 0.3) is 5.91 Å². The van der Waals surface area contributed by atoms with Crippen molar-refractivity contribution in [2.24, 2.45) is 0 Å². The van der Waals surface area contributed by atoms with E-state index >= 15 is 0 Å². The van der Waals surface area contributed by atoms with Crippen molar-refractivity contribution in [1.29, 1.82) is 0 Å². The van der Waals surface area contributed by atoms with Gasteiger partial charge < -0.3 is 15.4 Å². The number of carbonyl (C=O) groups is 2. The second-order valence-corrected chi connectivity index (χ2v) is 7.28. The number of hydrogen-bond donors (Lipinski definition) is 1. The zero-order valence-electron chi connectivity index (χ0n) is 15.9. The molecule has 2 N–H and O–H groups in total. The third kappa shape index (κ3) is 5.03. The Kier molecular flexibility index (Phi) is 6.54. The van der Waals surface area contributed by atoms with Crippen LogP contribution in [0, 0.1) is 0 Å². The van der Waals surface area contributed by atoms with Crippen LogP contribution in [0.4, 0.5) is 5.69 Å². The fraction of sp³-hybridized carbons (Fsp3) is 0.333. The van der Waals surface area contributed by atoms with Crippen molar-refractivity contribution in [3.63, 3.8) is 0 Å². The van der Waals surface area contributed by atoms with Crippen molar-refractivity contribution in [2.45, 2.75) is 13.5 Å². The highest BCUT2D eigenvalue weighted by atomic mass is 35.5. The number of ketones is 1. The summed E-state index contributed by atoms with van der Waals surface area (Å²) in [6.45, 7) is 5.10. The van der Waals surface area contributed by atoms with Crippen molar-refractivity contribution < 1.29 is 14.3 Å². The van der Waals surface area contributed by atoms with Crippen LogP contribution in [0.15, 0.2) is 42.5 Å². The van der Waals surface area contributed by atoms with Gasteiger partial charge in [-0.2, -0.15) is 0 Å². The lowest BCUT2D eigenvalue weighted by Crippen LogP contribution is -2.49. The van der Waals surface area contributed by atoms with Crippen molar-refractivity contribution in [3.8, 4) is 5.75 Å². The minimum Gasteiger partial charge on any atom is -0.482 e. The zero-order chi connectivity index (χ0) is 20.1. The minimum atomic E-state index is -0.133. The van der Waals surface area contributed by atoms with Gasteiger partial charge in [0.1, 0.15) is 5.75 Å². The average Bonchev–Trinajstić information content (AvgIpc) is 2.69. The Bertz CT molecular complexity index is 846. The van der Waals surface area contributed by atoms with Crippen molar-refractivity contribution >= 4 is 29.0 Å². The number of halogens is 1. The summed E-state index contributed by atoms with van der Waals surface area (Å²) in [5, 5.41) is 0.730. The first kappa shape index (κ1) is 20.2. The van der Waals surface area contributed by atoms with Gasteiger partial charge in [0.15, 0.2) is 12.4 Å². The van der Waals surface area contributed by atoms with E-state index in [4.69, 9.17) is 22.1 Å². The molecule has 148 valence electrons. The monoisotopic (exact) mass is 401 g/mol. The predicted octanol–water partition coefficient (Wildman–Crippen LogP) is 2.85. The van der Waals surface area contributed by atoms with Crippen LogP contribution in [-0.4, -0.2) is 54.3 Å². The number of Topliss-reactive ketones (excluding diaryl/α,β-unsaturated/α-hetero) is 1. The summed E-state index contributed by atoms with van der Waals surface area (Å²) in [5.74, 6) is 0.146. The number of piperazine rings is 1. The Morgan fingerprint density at radius 1 is 1.07 bits per heavy atom. The molecule has 3 rings (SSSR count). The summed E-state index contributed by atoms with van der Waals surface area (Å²) in [5.41, 5.74) is 7.84. The van der Waals surface area contributed by atoms with Crippen LogP contribution < -0.4 is 10.5 Å². The summed E-state index contributed by atoms with van der Waals surface area (Å²) in [6.07, 6.45) is 0. The topological polar surface area (TPSA) is 75.9 Å². The Morgan fingerprint density at radius 2 is 1.75 bits per heavy atom. The van der Waals surface area contributed by atoms with Gasteiger partial charge in [-0.25, -0.2) is 0 Å². The van der Waals surface area contributed by atoms with Crippen LogP contribution in [0.5, 0.6) is 5.75 Å². The number of ether oxygens (including phenoxy) is 1. The molecule has 28 heavy (non-hydrogen) atoms. The van der Waals surface area contributed by atoms with Gasteiger partial charge in [-0.3, -0.25) is 14.5 Å². The molecule has 0 spiro atoms. The van der Waals surface area contributed by atoms with E-state index in [2.05, 4.69) is 4.90 Å². The van der Waals surface area contributed by atoms with Crippen LogP contribution in [0.2, 0.25) is 5.02 Å². The van der Waals surface area contributed by atoms with E-state index in [1.807, 2.05) is 24.3 Å². The van der Waals surface area contributed by atoms with Gasteiger partial charge in [0, 0.05) is 43.3 Å². The normalized spacial score (nSPS) is 14.7. The fourth-order valence-corrected chi connectivity index (χ4v) is 3.34. The molecule has 0 saturated carbocycles. The zero-order valence-corrected chi connectivity index (χ0v) is 16.6. The first-order valence-corrected chi connectivity index (χ1v) is 9.58. The molecule has 6 nitrogen and oxygen atoms in total. The summed E-state index contributed by atoms with van der Waals surface area (Å²) >= 11 is 5.92. The molecule has 1 aliphatic heterocycles. The van der Waals surface area contributed by atoms with Gasteiger partial charge >= 0.3 is 0 Å². The minimum absolute atomic E-state index is 0.0845. The molecular formula is C21H24ClN3O3. The first-order valence-electron chi connectivity index (χ1n) is 9.21. The smallest absolute Gasteiger partial charge is 0.260 e. The van der Waals surface area contributed by atoms with Crippen LogP contribution >= 0.6 is 11.6 Å². The molecule has 1 heterocycles. The maximum Gasteiger partial charge on any atom is 0.260 e. The summed E-state index contributed by atoms with van der Waals surface area (Å²) in [6, 6.07) is 12.8. The molecule has 0 aliphatic carbocycles. The van der Waals surface area contributed by atoms with E-state index in [0.717, 1.165) is 24.7 Å². The highest BCUT2D eigenvalue weighted by molar-refractivity contribution is 6.30. The van der Waals surface area contributed by atoms with Crippen molar-refractivity contribution in [3.05, 3.63) is 58.6 Å². The molecule has 0 unspecified atom stereocenters. The molecule has 0 aromatic heterocycles. The van der Waals surface area contributed by atoms with E-state index in [-0.39, 0.29) is 24.0 Å². The second kappa shape index (κ2) is 9.08. The number of carbonyl (C=O) groups excluding carboxylic acids is 2. The highest BCUT2D eigenvalue weighted by Crippen LogP contribution is 2.25. The fourth-order valence-electron chi connectivity index (χ4n) is 3.21. The van der Waals surface area contributed by atoms with Crippen LogP contribution in [0.1, 0.15) is 22.8 Å². The number of para-hydroxylation sites is 1.